The molecule has 1 atom stereocenters. The summed E-state index contributed by atoms with van der Waals surface area (Å²) in [5.41, 5.74) is -1.45. The van der Waals surface area contributed by atoms with Gasteiger partial charge in [0.05, 0.1) is 6.04 Å². The summed E-state index contributed by atoms with van der Waals surface area (Å²) >= 11 is 1.32. The number of carbonyl (C=O) groups excluding carboxylic acids is 3. The number of amides is 2. The smallest absolute Gasteiger partial charge is 0.408 e. The molecule has 42 heavy (non-hydrogen) atoms. The Morgan fingerprint density at radius 3 is 2.45 bits per heavy atom. The molecule has 0 spiro atoms. The van der Waals surface area contributed by atoms with E-state index in [9.17, 15) is 27.6 Å². The molecule has 1 aliphatic rings. The van der Waals surface area contributed by atoms with Crippen molar-refractivity contribution in [2.45, 2.75) is 75.5 Å². The first-order chi connectivity index (χ1) is 19.3. The van der Waals surface area contributed by atoms with Gasteiger partial charge in [0.25, 0.3) is 17.0 Å². The molecule has 1 heterocycles. The second-order valence-electron chi connectivity index (χ2n) is 10.7. The minimum absolute atomic E-state index is 0. The first-order valence-electron chi connectivity index (χ1n) is 13.4. The highest BCUT2D eigenvalue weighted by atomic mass is 35.5. The minimum atomic E-state index is -4.92. The van der Waals surface area contributed by atoms with Gasteiger partial charge in [0.1, 0.15) is 11.3 Å². The van der Waals surface area contributed by atoms with Gasteiger partial charge >= 0.3 is 6.36 Å². The molecule has 0 saturated heterocycles. The lowest BCUT2D eigenvalue weighted by Crippen LogP contribution is -2.62. The molecule has 1 fully saturated rings. The van der Waals surface area contributed by atoms with Crippen molar-refractivity contribution >= 4 is 41.8 Å². The monoisotopic (exact) mass is 635 g/mol. The van der Waals surface area contributed by atoms with E-state index in [4.69, 9.17) is 4.42 Å². The molecule has 2 aromatic rings. The summed E-state index contributed by atoms with van der Waals surface area (Å²) in [4.78, 5) is 42.3. The zero-order chi connectivity index (χ0) is 30.2. The molecule has 0 aliphatic heterocycles. The van der Waals surface area contributed by atoms with Gasteiger partial charge < -0.3 is 24.7 Å². The number of halogens is 4. The maximum Gasteiger partial charge on any atom is 0.573 e. The first-order valence-corrected chi connectivity index (χ1v) is 14.4. The second kappa shape index (κ2) is 15.6. The van der Waals surface area contributed by atoms with Crippen LogP contribution in [0.5, 0.6) is 5.75 Å². The number of hydrogen-bond acceptors (Lipinski definition) is 9. The van der Waals surface area contributed by atoms with Crippen molar-refractivity contribution < 1.29 is 36.7 Å². The number of nitrogens with one attached hydrogen (secondary N) is 2. The number of ketones is 1. The van der Waals surface area contributed by atoms with Gasteiger partial charge in [0, 0.05) is 17.9 Å². The number of benzene rings is 1. The van der Waals surface area contributed by atoms with Gasteiger partial charge in [0.2, 0.25) is 11.7 Å². The van der Waals surface area contributed by atoms with E-state index in [1.165, 1.54) is 23.9 Å². The van der Waals surface area contributed by atoms with E-state index in [0.717, 1.165) is 25.1 Å². The predicted molar refractivity (Wildman–Crippen MR) is 153 cm³/mol. The number of Topliss-reactive ketones (excluding diaryl/α,β-unsaturated/α-hetero) is 1. The van der Waals surface area contributed by atoms with Gasteiger partial charge in [0.15, 0.2) is 0 Å². The highest BCUT2D eigenvalue weighted by molar-refractivity contribution is 7.99. The fourth-order valence-electron chi connectivity index (χ4n) is 4.52. The van der Waals surface area contributed by atoms with Crippen LogP contribution < -0.4 is 15.4 Å². The van der Waals surface area contributed by atoms with E-state index in [0.29, 0.717) is 31.4 Å². The Labute approximate surface area is 253 Å². The van der Waals surface area contributed by atoms with Crippen LogP contribution in [-0.2, 0) is 4.79 Å². The molecule has 1 saturated carbocycles. The van der Waals surface area contributed by atoms with Crippen LogP contribution in [0.15, 0.2) is 33.9 Å². The highest BCUT2D eigenvalue weighted by Gasteiger charge is 2.43. The van der Waals surface area contributed by atoms with E-state index >= 15 is 0 Å². The third-order valence-electron chi connectivity index (χ3n) is 6.53. The molecule has 1 aromatic carbocycles. The standard InChI is InChI=1S/C27H36F3N5O5S.ClH/c1-17(2)15-20(21(36)23-33-34-25(39-23)41-14-13-35(3)4)31-24(38)26(11-6-5-7-12-26)32-22(37)18-9-8-10-19(16-18)40-27(28,29)30;/h8-10,16-17,20H,5-7,11-15H2,1-4H3,(H,31,38)(H,32,37);1H. The zero-order valence-electron chi connectivity index (χ0n) is 24.0. The van der Waals surface area contributed by atoms with Crippen LogP contribution in [0.1, 0.15) is 73.4 Å². The van der Waals surface area contributed by atoms with Crippen molar-refractivity contribution in [3.8, 4) is 5.75 Å². The largest absolute Gasteiger partial charge is 0.573 e. The second-order valence-corrected chi connectivity index (χ2v) is 11.8. The Bertz CT molecular complexity index is 1200. The fraction of sp³-hybridized carbons (Fsp3) is 0.593. The van der Waals surface area contributed by atoms with Crippen molar-refractivity contribution in [2.24, 2.45) is 5.92 Å². The first kappa shape index (κ1) is 35.4. The molecule has 0 bridgehead atoms. The number of aromatic nitrogens is 2. The third kappa shape index (κ3) is 10.5. The molecule has 10 nitrogen and oxygen atoms in total. The van der Waals surface area contributed by atoms with Crippen LogP contribution in [-0.4, -0.2) is 77.0 Å². The summed E-state index contributed by atoms with van der Waals surface area (Å²) in [5.74, 6) is -1.87. The van der Waals surface area contributed by atoms with Gasteiger partial charge in [-0.05, 0) is 57.5 Å². The van der Waals surface area contributed by atoms with Crippen molar-refractivity contribution in [1.82, 2.24) is 25.7 Å². The van der Waals surface area contributed by atoms with Crippen LogP contribution in [0, 0.1) is 5.92 Å². The normalized spacial score (nSPS) is 15.5. The van der Waals surface area contributed by atoms with E-state index in [-0.39, 0.29) is 41.4 Å². The van der Waals surface area contributed by atoms with E-state index in [1.807, 2.05) is 32.8 Å². The average Bonchev–Trinajstić information content (AvgIpc) is 3.36. The average molecular weight is 636 g/mol. The fourth-order valence-corrected chi connectivity index (χ4v) is 5.39. The topological polar surface area (TPSA) is 127 Å². The summed E-state index contributed by atoms with van der Waals surface area (Å²) in [6, 6.07) is 3.66. The van der Waals surface area contributed by atoms with Gasteiger partial charge in [-0.25, -0.2) is 0 Å². The number of carbonyl (C=O) groups is 3. The molecule has 1 aromatic heterocycles. The Balaban J connectivity index is 0.00000616. The van der Waals surface area contributed by atoms with Crippen LogP contribution >= 0.6 is 24.2 Å². The third-order valence-corrected chi connectivity index (χ3v) is 7.33. The van der Waals surface area contributed by atoms with Crippen LogP contribution in [0.2, 0.25) is 0 Å². The predicted octanol–water partition coefficient (Wildman–Crippen LogP) is 4.89. The molecule has 1 aliphatic carbocycles. The summed E-state index contributed by atoms with van der Waals surface area (Å²) in [6.07, 6.45) is -1.88. The highest BCUT2D eigenvalue weighted by Crippen LogP contribution is 2.30. The molecule has 3 rings (SSSR count). The lowest BCUT2D eigenvalue weighted by molar-refractivity contribution is -0.274. The zero-order valence-corrected chi connectivity index (χ0v) is 25.6. The summed E-state index contributed by atoms with van der Waals surface area (Å²) in [7, 11) is 3.87. The van der Waals surface area contributed by atoms with Gasteiger partial charge in [-0.2, -0.15) is 0 Å². The van der Waals surface area contributed by atoms with E-state index in [2.05, 4.69) is 25.6 Å². The molecular formula is C27H37ClF3N5O5S. The summed E-state index contributed by atoms with van der Waals surface area (Å²) in [6.45, 7) is 4.57. The van der Waals surface area contributed by atoms with E-state index in [1.54, 1.807) is 0 Å². The van der Waals surface area contributed by atoms with Crippen molar-refractivity contribution in [3.63, 3.8) is 0 Å². The molecule has 234 valence electrons. The Kier molecular flexibility index (Phi) is 13.1. The molecule has 2 N–H and O–H groups in total. The van der Waals surface area contributed by atoms with Crippen LogP contribution in [0.3, 0.4) is 0 Å². The van der Waals surface area contributed by atoms with Gasteiger partial charge in [-0.1, -0.05) is 50.9 Å². The Morgan fingerprint density at radius 1 is 1.14 bits per heavy atom. The molecular weight excluding hydrogens is 599 g/mol. The number of rotatable bonds is 13. The van der Waals surface area contributed by atoms with Crippen molar-refractivity contribution in [2.75, 3.05) is 26.4 Å². The lowest BCUT2D eigenvalue weighted by atomic mass is 9.80. The Morgan fingerprint density at radius 2 is 1.83 bits per heavy atom. The molecule has 2 amide bonds. The molecule has 1 unspecified atom stereocenters. The number of ether oxygens (including phenoxy) is 1. The van der Waals surface area contributed by atoms with Crippen molar-refractivity contribution in [3.05, 3.63) is 35.7 Å². The van der Waals surface area contributed by atoms with Crippen LogP contribution in [0.4, 0.5) is 13.2 Å². The number of alkyl halides is 3. The maximum absolute atomic E-state index is 13.8. The van der Waals surface area contributed by atoms with Gasteiger partial charge in [-0.15, -0.1) is 35.8 Å². The molecule has 15 heteroatoms. The number of hydrogen-bond donors (Lipinski definition) is 2. The van der Waals surface area contributed by atoms with Crippen molar-refractivity contribution in [1.29, 1.82) is 0 Å². The maximum atomic E-state index is 13.8. The Hall–Kier alpha value is -2.84. The molecule has 0 radical (unpaired) electrons. The number of nitrogens with zero attached hydrogens (tertiary/aromatic N) is 3. The SMILES string of the molecule is CC(C)CC(NC(=O)C1(NC(=O)c2cccc(OC(F)(F)F)c2)CCCCC1)C(=O)c1nnc(SCCN(C)C)o1.Cl. The minimum Gasteiger partial charge on any atom is -0.408 e. The number of thioether (sulfide) groups is 1. The van der Waals surface area contributed by atoms with Gasteiger partial charge in [-0.3, -0.25) is 14.4 Å². The summed E-state index contributed by atoms with van der Waals surface area (Å²) in [5, 5.41) is 13.6. The quantitative estimate of drug-likeness (QED) is 0.234. The van der Waals surface area contributed by atoms with Crippen LogP contribution in [0.25, 0.3) is 0 Å². The van der Waals surface area contributed by atoms with E-state index < -0.39 is 41.3 Å². The lowest BCUT2D eigenvalue weighted by Gasteiger charge is -2.37. The summed E-state index contributed by atoms with van der Waals surface area (Å²) < 4.78 is 47.5.